The summed E-state index contributed by atoms with van der Waals surface area (Å²) in [5, 5.41) is 2.98. The topological polar surface area (TPSA) is 41.6 Å². The number of piperidine rings is 1. The van der Waals surface area contributed by atoms with Gasteiger partial charge in [0.1, 0.15) is 12.4 Å². The molecule has 1 saturated heterocycles. The average Bonchev–Trinajstić information content (AvgIpc) is 2.80. The van der Waals surface area contributed by atoms with E-state index in [9.17, 15) is 4.79 Å². The number of rotatable bonds is 7. The van der Waals surface area contributed by atoms with E-state index >= 15 is 0 Å². The maximum Gasteiger partial charge on any atom is 0.255 e. The molecule has 4 rings (SSSR count). The van der Waals surface area contributed by atoms with Gasteiger partial charge in [0.15, 0.2) is 0 Å². The summed E-state index contributed by atoms with van der Waals surface area (Å²) in [6, 6.07) is 25.4. The van der Waals surface area contributed by atoms with Crippen LogP contribution in [0.1, 0.15) is 40.7 Å². The quantitative estimate of drug-likeness (QED) is 0.569. The van der Waals surface area contributed by atoms with Crippen LogP contribution in [0.4, 0.5) is 5.69 Å². The molecule has 1 aliphatic rings. The van der Waals surface area contributed by atoms with Gasteiger partial charge < -0.3 is 10.1 Å². The van der Waals surface area contributed by atoms with E-state index in [1.807, 2.05) is 54.6 Å². The second kappa shape index (κ2) is 10.1. The number of ether oxygens (including phenoxy) is 1. The van der Waals surface area contributed by atoms with Crippen LogP contribution in [-0.2, 0) is 13.2 Å². The maximum absolute atomic E-state index is 12.7. The van der Waals surface area contributed by atoms with Crippen molar-refractivity contribution >= 4 is 11.6 Å². The first-order valence-corrected chi connectivity index (χ1v) is 10.7. The molecule has 3 aromatic rings. The van der Waals surface area contributed by atoms with E-state index in [0.717, 1.165) is 17.8 Å². The molecule has 1 fully saturated rings. The standard InChI is InChI=1S/C26H28N2O2/c29-26(23-10-7-11-25(18-23)30-20-22-8-3-1-4-9-22)27-24-14-12-21(13-15-24)19-28-16-5-2-6-17-28/h1,3-4,7-15,18H,2,5-6,16-17,19-20H2,(H,27,29). The van der Waals surface area contributed by atoms with Gasteiger partial charge in [-0.25, -0.2) is 0 Å². The average molecular weight is 401 g/mol. The van der Waals surface area contributed by atoms with Crippen LogP contribution in [0.3, 0.4) is 0 Å². The Hall–Kier alpha value is -3.11. The van der Waals surface area contributed by atoms with Crippen molar-refractivity contribution in [2.75, 3.05) is 18.4 Å². The van der Waals surface area contributed by atoms with E-state index in [4.69, 9.17) is 4.74 Å². The van der Waals surface area contributed by atoms with Crippen LogP contribution in [0, 0.1) is 0 Å². The van der Waals surface area contributed by atoms with Crippen molar-refractivity contribution < 1.29 is 9.53 Å². The first-order chi connectivity index (χ1) is 14.8. The summed E-state index contributed by atoms with van der Waals surface area (Å²) in [5.41, 5.74) is 3.76. The van der Waals surface area contributed by atoms with Crippen molar-refractivity contribution in [1.29, 1.82) is 0 Å². The first kappa shape index (κ1) is 20.2. The van der Waals surface area contributed by atoms with E-state index in [0.29, 0.717) is 17.9 Å². The molecule has 0 aromatic heterocycles. The zero-order valence-corrected chi connectivity index (χ0v) is 17.2. The van der Waals surface area contributed by atoms with Crippen LogP contribution >= 0.6 is 0 Å². The minimum Gasteiger partial charge on any atom is -0.489 e. The Labute approximate surface area is 178 Å². The molecule has 1 heterocycles. The molecular weight excluding hydrogens is 372 g/mol. The van der Waals surface area contributed by atoms with E-state index in [1.165, 1.54) is 37.9 Å². The highest BCUT2D eigenvalue weighted by atomic mass is 16.5. The molecule has 0 aliphatic carbocycles. The van der Waals surface area contributed by atoms with Crippen LogP contribution in [0.15, 0.2) is 78.9 Å². The van der Waals surface area contributed by atoms with E-state index in [2.05, 4.69) is 22.3 Å². The van der Waals surface area contributed by atoms with E-state index < -0.39 is 0 Å². The molecule has 1 aliphatic heterocycles. The van der Waals surface area contributed by atoms with Gasteiger partial charge in [-0.2, -0.15) is 0 Å². The van der Waals surface area contributed by atoms with Gasteiger partial charge in [-0.15, -0.1) is 0 Å². The van der Waals surface area contributed by atoms with E-state index in [1.54, 1.807) is 12.1 Å². The van der Waals surface area contributed by atoms with Crippen molar-refractivity contribution in [3.8, 4) is 5.75 Å². The Balaban J connectivity index is 1.33. The van der Waals surface area contributed by atoms with Gasteiger partial charge >= 0.3 is 0 Å². The van der Waals surface area contributed by atoms with Crippen LogP contribution in [-0.4, -0.2) is 23.9 Å². The lowest BCUT2D eigenvalue weighted by molar-refractivity contribution is 0.102. The van der Waals surface area contributed by atoms with Gasteiger partial charge in [-0.1, -0.05) is 55.0 Å². The number of carbonyl (C=O) groups excluding carboxylic acids is 1. The fourth-order valence-corrected chi connectivity index (χ4v) is 3.74. The van der Waals surface area contributed by atoms with Crippen molar-refractivity contribution in [2.45, 2.75) is 32.4 Å². The monoisotopic (exact) mass is 400 g/mol. The second-order valence-corrected chi connectivity index (χ2v) is 7.79. The highest BCUT2D eigenvalue weighted by Crippen LogP contribution is 2.18. The highest BCUT2D eigenvalue weighted by Gasteiger charge is 2.11. The molecule has 0 bridgehead atoms. The molecule has 4 heteroatoms. The molecule has 0 spiro atoms. The molecule has 154 valence electrons. The smallest absolute Gasteiger partial charge is 0.255 e. The Bertz CT molecular complexity index is 948. The number of hydrogen-bond acceptors (Lipinski definition) is 3. The lowest BCUT2D eigenvalue weighted by atomic mass is 10.1. The summed E-state index contributed by atoms with van der Waals surface area (Å²) in [6.45, 7) is 3.82. The summed E-state index contributed by atoms with van der Waals surface area (Å²) in [4.78, 5) is 15.2. The van der Waals surface area contributed by atoms with Gasteiger partial charge in [0.05, 0.1) is 0 Å². The Morgan fingerprint density at radius 2 is 1.60 bits per heavy atom. The van der Waals surface area contributed by atoms with Gasteiger partial charge in [0, 0.05) is 17.8 Å². The first-order valence-electron chi connectivity index (χ1n) is 10.7. The van der Waals surface area contributed by atoms with Crippen LogP contribution < -0.4 is 10.1 Å². The molecule has 1 amide bonds. The summed E-state index contributed by atoms with van der Waals surface area (Å²) in [5.74, 6) is 0.548. The number of hydrogen-bond donors (Lipinski definition) is 1. The minimum absolute atomic E-state index is 0.135. The van der Waals surface area contributed by atoms with Crippen molar-refractivity contribution in [1.82, 2.24) is 4.90 Å². The van der Waals surface area contributed by atoms with Gasteiger partial charge in [-0.05, 0) is 67.4 Å². The van der Waals surface area contributed by atoms with Crippen molar-refractivity contribution in [3.05, 3.63) is 95.6 Å². The fourth-order valence-electron chi connectivity index (χ4n) is 3.74. The van der Waals surface area contributed by atoms with Gasteiger partial charge in [0.25, 0.3) is 5.91 Å². The SMILES string of the molecule is O=C(Nc1ccc(CN2CCCCC2)cc1)c1cccc(OCc2ccccc2)c1. The van der Waals surface area contributed by atoms with Crippen LogP contribution in [0.5, 0.6) is 5.75 Å². The van der Waals surface area contributed by atoms with Crippen LogP contribution in [0.25, 0.3) is 0 Å². The maximum atomic E-state index is 12.7. The third-order valence-electron chi connectivity index (χ3n) is 5.41. The minimum atomic E-state index is -0.135. The Kier molecular flexibility index (Phi) is 6.78. The third kappa shape index (κ3) is 5.71. The van der Waals surface area contributed by atoms with Crippen molar-refractivity contribution in [2.24, 2.45) is 0 Å². The number of amides is 1. The van der Waals surface area contributed by atoms with Gasteiger partial charge in [-0.3, -0.25) is 9.69 Å². The zero-order valence-electron chi connectivity index (χ0n) is 17.2. The van der Waals surface area contributed by atoms with Gasteiger partial charge in [0.2, 0.25) is 0 Å². The molecule has 4 nitrogen and oxygen atoms in total. The van der Waals surface area contributed by atoms with Crippen LogP contribution in [0.2, 0.25) is 0 Å². The number of nitrogens with one attached hydrogen (secondary N) is 1. The molecule has 3 aromatic carbocycles. The van der Waals surface area contributed by atoms with Crippen molar-refractivity contribution in [3.63, 3.8) is 0 Å². The second-order valence-electron chi connectivity index (χ2n) is 7.79. The molecule has 1 N–H and O–H groups in total. The Morgan fingerprint density at radius 3 is 2.37 bits per heavy atom. The summed E-state index contributed by atoms with van der Waals surface area (Å²) in [6.07, 6.45) is 3.94. The predicted octanol–water partition coefficient (Wildman–Crippen LogP) is 5.50. The number of nitrogens with zero attached hydrogens (tertiary/aromatic N) is 1. The molecule has 30 heavy (non-hydrogen) atoms. The predicted molar refractivity (Wildman–Crippen MR) is 121 cm³/mol. The Morgan fingerprint density at radius 1 is 0.833 bits per heavy atom. The fraction of sp³-hybridized carbons (Fsp3) is 0.269. The molecule has 0 saturated carbocycles. The molecular formula is C26H28N2O2. The molecule has 0 atom stereocenters. The third-order valence-corrected chi connectivity index (χ3v) is 5.41. The lowest BCUT2D eigenvalue weighted by Gasteiger charge is -2.26. The normalized spacial score (nSPS) is 14.3. The van der Waals surface area contributed by atoms with E-state index in [-0.39, 0.29) is 5.91 Å². The lowest BCUT2D eigenvalue weighted by Crippen LogP contribution is -2.29. The zero-order chi connectivity index (χ0) is 20.6. The summed E-state index contributed by atoms with van der Waals surface area (Å²) >= 11 is 0. The number of likely N-dealkylation sites (tertiary alicyclic amines) is 1. The number of benzene rings is 3. The number of carbonyl (C=O) groups is 1. The summed E-state index contributed by atoms with van der Waals surface area (Å²) in [7, 11) is 0. The highest BCUT2D eigenvalue weighted by molar-refractivity contribution is 6.04. The molecule has 0 unspecified atom stereocenters. The number of anilines is 1. The summed E-state index contributed by atoms with van der Waals surface area (Å²) < 4.78 is 5.84. The largest absolute Gasteiger partial charge is 0.489 e. The molecule has 0 radical (unpaired) electrons.